The third-order valence-electron chi connectivity index (χ3n) is 4.47. The van der Waals surface area contributed by atoms with Crippen LogP contribution >= 0.6 is 11.8 Å². The molecule has 0 saturated carbocycles. The summed E-state index contributed by atoms with van der Waals surface area (Å²) in [7, 11) is 1.74. The zero-order chi connectivity index (χ0) is 24.3. The second kappa shape index (κ2) is 12.2. The van der Waals surface area contributed by atoms with Crippen LogP contribution in [0.5, 0.6) is 0 Å². The molecule has 10 heteroatoms. The Balaban J connectivity index is 1.81. The SMILES string of the molecule is CCSc1ccc(N=C(N)NC(=O)c2cc3ccccc3cn2)c(C(=O)NC=N/C=C\NC)c1. The molecule has 2 amide bonds. The van der Waals surface area contributed by atoms with Gasteiger partial charge in [0.15, 0.2) is 0 Å². The monoisotopic (exact) mass is 475 g/mol. The highest BCUT2D eigenvalue weighted by Crippen LogP contribution is 2.26. The predicted octanol–water partition coefficient (Wildman–Crippen LogP) is 3.17. The Bertz CT molecular complexity index is 1270. The van der Waals surface area contributed by atoms with Gasteiger partial charge in [0.1, 0.15) is 5.69 Å². The molecular formula is C24H25N7O2S. The summed E-state index contributed by atoms with van der Waals surface area (Å²) >= 11 is 1.59. The maximum Gasteiger partial charge on any atom is 0.276 e. The minimum Gasteiger partial charge on any atom is -0.393 e. The number of aliphatic imine (C=N–C) groups is 2. The van der Waals surface area contributed by atoms with E-state index in [0.29, 0.717) is 11.3 Å². The van der Waals surface area contributed by atoms with Gasteiger partial charge in [0.05, 0.1) is 17.6 Å². The number of hydrogen-bond acceptors (Lipinski definition) is 7. The molecule has 0 fully saturated rings. The Kier molecular flexibility index (Phi) is 8.75. The van der Waals surface area contributed by atoms with E-state index in [1.165, 1.54) is 12.5 Å². The van der Waals surface area contributed by atoms with E-state index in [0.717, 1.165) is 21.4 Å². The highest BCUT2D eigenvalue weighted by molar-refractivity contribution is 7.99. The first kappa shape index (κ1) is 24.5. The summed E-state index contributed by atoms with van der Waals surface area (Å²) in [4.78, 5) is 38.7. The maximum atomic E-state index is 12.7. The average Bonchev–Trinajstić information content (AvgIpc) is 2.84. The Morgan fingerprint density at radius 2 is 1.91 bits per heavy atom. The molecule has 1 heterocycles. The topological polar surface area (TPSA) is 134 Å². The zero-order valence-corrected chi connectivity index (χ0v) is 19.6. The molecule has 0 aliphatic rings. The van der Waals surface area contributed by atoms with E-state index in [-0.39, 0.29) is 11.7 Å². The fourth-order valence-corrected chi connectivity index (χ4v) is 3.63. The number of guanidine groups is 1. The Hall–Kier alpha value is -4.18. The smallest absolute Gasteiger partial charge is 0.276 e. The van der Waals surface area contributed by atoms with Crippen molar-refractivity contribution in [2.24, 2.45) is 15.7 Å². The van der Waals surface area contributed by atoms with E-state index >= 15 is 0 Å². The van der Waals surface area contributed by atoms with Crippen LogP contribution in [0.15, 0.2) is 82.0 Å². The average molecular weight is 476 g/mol. The molecule has 0 aliphatic carbocycles. The van der Waals surface area contributed by atoms with Crippen LogP contribution in [-0.4, -0.2) is 41.9 Å². The van der Waals surface area contributed by atoms with Gasteiger partial charge in [-0.1, -0.05) is 31.2 Å². The minimum atomic E-state index is -0.500. The van der Waals surface area contributed by atoms with Crippen LogP contribution in [0.4, 0.5) is 5.69 Å². The van der Waals surface area contributed by atoms with Gasteiger partial charge < -0.3 is 16.4 Å². The standard InChI is InChI=1S/C24H25N7O2S/c1-3-34-18-8-9-20(19(13-18)22(32)29-15-27-11-10-26-2)30-24(25)31-23(33)21-12-16-6-4-5-7-17(16)14-28-21/h4-15,26H,3H2,1-2H3,(H,27,29,32)(H3,25,30,31,33)/b11-10-. The van der Waals surface area contributed by atoms with Crippen molar-refractivity contribution in [1.82, 2.24) is 20.9 Å². The number of nitrogens with zero attached hydrogens (tertiary/aromatic N) is 3. The zero-order valence-electron chi connectivity index (χ0n) is 18.8. The number of hydrogen-bond donors (Lipinski definition) is 4. The van der Waals surface area contributed by atoms with E-state index in [9.17, 15) is 9.59 Å². The van der Waals surface area contributed by atoms with E-state index in [4.69, 9.17) is 5.73 Å². The molecule has 1 aromatic heterocycles. The first-order chi connectivity index (χ1) is 16.5. The van der Waals surface area contributed by atoms with Crippen LogP contribution in [-0.2, 0) is 0 Å². The molecule has 3 aromatic rings. The molecule has 3 rings (SSSR count). The first-order valence-electron chi connectivity index (χ1n) is 10.4. The van der Waals surface area contributed by atoms with Crippen molar-refractivity contribution in [3.8, 4) is 0 Å². The molecular weight excluding hydrogens is 450 g/mol. The summed E-state index contributed by atoms with van der Waals surface area (Å²) in [5.41, 5.74) is 6.79. The third kappa shape index (κ3) is 6.66. The number of nitrogens with two attached hydrogens (primary N) is 1. The minimum absolute atomic E-state index is 0.157. The summed E-state index contributed by atoms with van der Waals surface area (Å²) in [6.45, 7) is 2.02. The van der Waals surface area contributed by atoms with Gasteiger partial charge >= 0.3 is 0 Å². The van der Waals surface area contributed by atoms with Gasteiger partial charge in [0, 0.05) is 35.9 Å². The number of rotatable bonds is 8. The molecule has 174 valence electrons. The molecule has 0 saturated heterocycles. The third-order valence-corrected chi connectivity index (χ3v) is 5.34. The van der Waals surface area contributed by atoms with Gasteiger partial charge in [0.2, 0.25) is 5.96 Å². The van der Waals surface area contributed by atoms with Crippen molar-refractivity contribution in [1.29, 1.82) is 0 Å². The van der Waals surface area contributed by atoms with Crippen molar-refractivity contribution in [3.63, 3.8) is 0 Å². The number of fused-ring (bicyclic) bond motifs is 1. The predicted molar refractivity (Wildman–Crippen MR) is 137 cm³/mol. The van der Waals surface area contributed by atoms with Crippen LogP contribution in [0.1, 0.15) is 27.8 Å². The number of carbonyl (C=O) groups is 2. The van der Waals surface area contributed by atoms with Gasteiger partial charge in [-0.3, -0.25) is 19.9 Å². The number of aromatic nitrogens is 1. The van der Waals surface area contributed by atoms with Gasteiger partial charge in [-0.15, -0.1) is 11.8 Å². The van der Waals surface area contributed by atoms with Gasteiger partial charge in [0.25, 0.3) is 11.8 Å². The highest BCUT2D eigenvalue weighted by atomic mass is 32.2. The molecule has 0 radical (unpaired) electrons. The number of thioether (sulfide) groups is 1. The number of pyridine rings is 1. The van der Waals surface area contributed by atoms with Crippen LogP contribution in [0.25, 0.3) is 10.8 Å². The molecule has 0 aliphatic heterocycles. The lowest BCUT2D eigenvalue weighted by Crippen LogP contribution is -2.37. The molecule has 0 bridgehead atoms. The highest BCUT2D eigenvalue weighted by Gasteiger charge is 2.14. The molecule has 0 spiro atoms. The van der Waals surface area contributed by atoms with E-state index in [1.54, 1.807) is 49.4 Å². The summed E-state index contributed by atoms with van der Waals surface area (Å²) < 4.78 is 0. The Morgan fingerprint density at radius 3 is 2.68 bits per heavy atom. The second-order valence-electron chi connectivity index (χ2n) is 6.84. The summed E-state index contributed by atoms with van der Waals surface area (Å²) in [6.07, 6.45) is 6.01. The van der Waals surface area contributed by atoms with E-state index in [2.05, 4.69) is 30.9 Å². The maximum absolute atomic E-state index is 12.7. The quantitative estimate of drug-likeness (QED) is 0.225. The van der Waals surface area contributed by atoms with Crippen molar-refractivity contribution < 1.29 is 9.59 Å². The first-order valence-corrected chi connectivity index (χ1v) is 11.4. The number of nitrogens with one attached hydrogen (secondary N) is 3. The lowest BCUT2D eigenvalue weighted by atomic mass is 10.1. The van der Waals surface area contributed by atoms with E-state index < -0.39 is 11.8 Å². The van der Waals surface area contributed by atoms with Crippen LogP contribution in [0.3, 0.4) is 0 Å². The fraction of sp³-hybridized carbons (Fsp3) is 0.125. The van der Waals surface area contributed by atoms with Crippen molar-refractivity contribution in [2.45, 2.75) is 11.8 Å². The summed E-state index contributed by atoms with van der Waals surface area (Å²) in [5, 5.41) is 9.73. The van der Waals surface area contributed by atoms with Gasteiger partial charge in [-0.05, 0) is 35.4 Å². The molecule has 9 nitrogen and oxygen atoms in total. The lowest BCUT2D eigenvalue weighted by Gasteiger charge is -2.09. The molecule has 5 N–H and O–H groups in total. The summed E-state index contributed by atoms with van der Waals surface area (Å²) in [6, 6.07) is 14.5. The molecule has 2 aromatic carbocycles. The Morgan fingerprint density at radius 1 is 1.12 bits per heavy atom. The number of benzene rings is 2. The summed E-state index contributed by atoms with van der Waals surface area (Å²) in [5.74, 6) is -0.221. The van der Waals surface area contributed by atoms with Crippen molar-refractivity contribution >= 4 is 52.3 Å². The van der Waals surface area contributed by atoms with Gasteiger partial charge in [-0.2, -0.15) is 0 Å². The number of carbonyl (C=O) groups excluding carboxylic acids is 2. The molecule has 34 heavy (non-hydrogen) atoms. The van der Waals surface area contributed by atoms with Crippen LogP contribution in [0, 0.1) is 0 Å². The van der Waals surface area contributed by atoms with E-state index in [1.807, 2.05) is 37.3 Å². The van der Waals surface area contributed by atoms with Crippen molar-refractivity contribution in [2.75, 3.05) is 12.8 Å². The van der Waals surface area contributed by atoms with Gasteiger partial charge in [-0.25, -0.2) is 9.98 Å². The van der Waals surface area contributed by atoms with Crippen LogP contribution < -0.4 is 21.7 Å². The van der Waals surface area contributed by atoms with Crippen LogP contribution in [0.2, 0.25) is 0 Å². The lowest BCUT2D eigenvalue weighted by molar-refractivity contribution is 0.0967. The second-order valence-corrected chi connectivity index (χ2v) is 8.17. The normalized spacial score (nSPS) is 11.8. The molecule has 0 unspecified atom stereocenters. The fourth-order valence-electron chi connectivity index (χ4n) is 2.93. The number of amides is 2. The van der Waals surface area contributed by atoms with Crippen molar-refractivity contribution in [3.05, 3.63) is 78.4 Å². The molecule has 0 atom stereocenters. The Labute approximate surface area is 201 Å². The largest absolute Gasteiger partial charge is 0.393 e.